The molecule has 0 fully saturated rings. The highest BCUT2D eigenvalue weighted by Gasteiger charge is 2.33. The number of carbonyl (C=O) groups excluding carboxylic acids is 1. The van der Waals surface area contributed by atoms with E-state index in [0.717, 1.165) is 0 Å². The number of hydrogen-bond donors (Lipinski definition) is 1. The molecule has 0 bridgehead atoms. The number of nitrogens with zero attached hydrogens (tertiary/aromatic N) is 2. The Morgan fingerprint density at radius 3 is 2.70 bits per heavy atom. The maximum Gasteiger partial charge on any atom is 0.324 e. The zero-order chi connectivity index (χ0) is 14.6. The third-order valence-corrected chi connectivity index (χ3v) is 2.96. The number of rotatable bonds is 4. The zero-order valence-electron chi connectivity index (χ0n) is 11.4. The molecule has 5 heteroatoms. The van der Waals surface area contributed by atoms with Crippen LogP contribution in [0, 0.1) is 0 Å². The molecule has 0 radical (unpaired) electrons. The summed E-state index contributed by atoms with van der Waals surface area (Å²) < 4.78 is 5.27. The van der Waals surface area contributed by atoms with Gasteiger partial charge in [-0.25, -0.2) is 4.98 Å². The van der Waals surface area contributed by atoms with Crippen molar-refractivity contribution in [1.29, 1.82) is 0 Å². The van der Waals surface area contributed by atoms with Crippen molar-refractivity contribution >= 4 is 5.97 Å². The highest BCUT2D eigenvalue weighted by atomic mass is 16.5. The molecule has 0 aliphatic carbocycles. The molecule has 0 atom stereocenters. The molecule has 0 aliphatic rings. The van der Waals surface area contributed by atoms with Gasteiger partial charge in [0.05, 0.1) is 18.0 Å². The molecular formula is C15H16N2O3. The molecule has 2 rings (SSSR count). The van der Waals surface area contributed by atoms with E-state index in [2.05, 4.69) is 9.97 Å². The van der Waals surface area contributed by atoms with Crippen molar-refractivity contribution in [3.8, 4) is 5.88 Å². The average molecular weight is 272 g/mol. The van der Waals surface area contributed by atoms with Gasteiger partial charge < -0.3 is 9.84 Å². The van der Waals surface area contributed by atoms with Gasteiger partial charge in [-0.15, -0.1) is 0 Å². The lowest BCUT2D eigenvalue weighted by Crippen LogP contribution is -2.34. The fourth-order valence-electron chi connectivity index (χ4n) is 1.66. The summed E-state index contributed by atoms with van der Waals surface area (Å²) in [5, 5.41) is 9.02. The Balaban J connectivity index is 2.19. The molecule has 2 heterocycles. The molecule has 2 aromatic heterocycles. The third kappa shape index (κ3) is 3.00. The third-order valence-electron chi connectivity index (χ3n) is 2.96. The fourth-order valence-corrected chi connectivity index (χ4v) is 1.66. The largest absolute Gasteiger partial charge is 0.407 e. The lowest BCUT2D eigenvalue weighted by molar-refractivity contribution is -0.140. The van der Waals surface area contributed by atoms with Gasteiger partial charge in [0.15, 0.2) is 0 Å². The van der Waals surface area contributed by atoms with Gasteiger partial charge in [-0.05, 0) is 32.0 Å². The Labute approximate surface area is 117 Å². The van der Waals surface area contributed by atoms with Crippen molar-refractivity contribution in [2.24, 2.45) is 0 Å². The first-order valence-corrected chi connectivity index (χ1v) is 6.24. The molecule has 0 aromatic carbocycles. The number of aliphatic hydroxyl groups excluding tert-OH is 1. The van der Waals surface area contributed by atoms with Gasteiger partial charge in [-0.2, -0.15) is 0 Å². The molecular weight excluding hydrogens is 256 g/mol. The van der Waals surface area contributed by atoms with Crippen molar-refractivity contribution < 1.29 is 14.6 Å². The first-order valence-electron chi connectivity index (χ1n) is 6.24. The number of esters is 1. The van der Waals surface area contributed by atoms with Gasteiger partial charge in [0, 0.05) is 12.3 Å². The molecule has 104 valence electrons. The van der Waals surface area contributed by atoms with Crippen LogP contribution < -0.4 is 4.74 Å². The molecule has 0 spiro atoms. The summed E-state index contributed by atoms with van der Waals surface area (Å²) in [6.45, 7) is 3.29. The van der Waals surface area contributed by atoms with E-state index in [-0.39, 0.29) is 12.5 Å². The summed E-state index contributed by atoms with van der Waals surface area (Å²) in [4.78, 5) is 20.5. The smallest absolute Gasteiger partial charge is 0.324 e. The van der Waals surface area contributed by atoms with E-state index in [1.54, 1.807) is 50.4 Å². The quantitative estimate of drug-likeness (QED) is 0.860. The molecule has 0 saturated carbocycles. The molecule has 0 unspecified atom stereocenters. The van der Waals surface area contributed by atoms with Crippen molar-refractivity contribution in [3.63, 3.8) is 0 Å². The number of hydrogen-bond acceptors (Lipinski definition) is 5. The Morgan fingerprint density at radius 1 is 1.25 bits per heavy atom. The van der Waals surface area contributed by atoms with Gasteiger partial charge in [-0.3, -0.25) is 9.78 Å². The standard InChI is InChI=1S/C15H16N2O3/c1-15(2,12-7-3-4-9-16-12)14(19)20-13-8-5-6-11(10-18)17-13/h3-9,18H,10H2,1-2H3. The fraction of sp³-hybridized carbons (Fsp3) is 0.267. The van der Waals surface area contributed by atoms with Crippen molar-refractivity contribution in [2.45, 2.75) is 25.9 Å². The zero-order valence-corrected chi connectivity index (χ0v) is 11.4. The Kier molecular flexibility index (Phi) is 4.10. The summed E-state index contributed by atoms with van der Waals surface area (Å²) in [5.74, 6) is -0.274. The van der Waals surface area contributed by atoms with E-state index in [9.17, 15) is 4.79 Å². The van der Waals surface area contributed by atoms with Crippen LogP contribution in [-0.2, 0) is 16.8 Å². The van der Waals surface area contributed by atoms with E-state index in [1.807, 2.05) is 6.07 Å². The average Bonchev–Trinajstić information content (AvgIpc) is 2.48. The maximum atomic E-state index is 12.3. The number of pyridine rings is 2. The van der Waals surface area contributed by atoms with E-state index in [4.69, 9.17) is 9.84 Å². The van der Waals surface area contributed by atoms with Gasteiger partial charge in [0.2, 0.25) is 5.88 Å². The van der Waals surface area contributed by atoms with Crippen LogP contribution in [0.5, 0.6) is 5.88 Å². The van der Waals surface area contributed by atoms with Gasteiger partial charge in [0.25, 0.3) is 0 Å². The number of carbonyl (C=O) groups is 1. The summed E-state index contributed by atoms with van der Waals surface area (Å²) >= 11 is 0. The first kappa shape index (κ1) is 14.1. The summed E-state index contributed by atoms with van der Waals surface area (Å²) in [6, 6.07) is 10.3. The summed E-state index contributed by atoms with van der Waals surface area (Å²) in [7, 11) is 0. The second-order valence-electron chi connectivity index (χ2n) is 4.85. The lowest BCUT2D eigenvalue weighted by Gasteiger charge is -2.21. The molecule has 2 aromatic rings. The molecule has 20 heavy (non-hydrogen) atoms. The highest BCUT2D eigenvalue weighted by molar-refractivity contribution is 5.83. The Morgan fingerprint density at radius 2 is 2.05 bits per heavy atom. The number of ether oxygens (including phenoxy) is 1. The van der Waals surface area contributed by atoms with Gasteiger partial charge >= 0.3 is 5.97 Å². The van der Waals surface area contributed by atoms with Crippen LogP contribution in [0.15, 0.2) is 42.6 Å². The minimum absolute atomic E-state index is 0.172. The highest BCUT2D eigenvalue weighted by Crippen LogP contribution is 2.23. The molecule has 5 nitrogen and oxygen atoms in total. The van der Waals surface area contributed by atoms with Crippen LogP contribution in [0.4, 0.5) is 0 Å². The second-order valence-corrected chi connectivity index (χ2v) is 4.85. The normalized spacial score (nSPS) is 11.2. The summed E-state index contributed by atoms with van der Waals surface area (Å²) in [5.41, 5.74) is 0.201. The predicted molar refractivity (Wildman–Crippen MR) is 73.1 cm³/mol. The molecule has 0 amide bonds. The molecule has 0 saturated heterocycles. The first-order chi connectivity index (χ1) is 9.54. The van der Waals surface area contributed by atoms with Crippen LogP contribution in [0.1, 0.15) is 25.2 Å². The van der Waals surface area contributed by atoms with Crippen molar-refractivity contribution in [2.75, 3.05) is 0 Å². The molecule has 1 N–H and O–H groups in total. The van der Waals surface area contributed by atoms with Crippen molar-refractivity contribution in [1.82, 2.24) is 9.97 Å². The second kappa shape index (κ2) is 5.79. The van der Waals surface area contributed by atoms with E-state index in [0.29, 0.717) is 11.4 Å². The topological polar surface area (TPSA) is 72.3 Å². The lowest BCUT2D eigenvalue weighted by atomic mass is 9.89. The Bertz CT molecular complexity index is 597. The maximum absolute atomic E-state index is 12.3. The van der Waals surface area contributed by atoms with Crippen LogP contribution in [0.25, 0.3) is 0 Å². The van der Waals surface area contributed by atoms with Gasteiger partial charge in [0.1, 0.15) is 5.41 Å². The molecule has 0 aliphatic heterocycles. The van der Waals surface area contributed by atoms with Crippen LogP contribution in [0.2, 0.25) is 0 Å². The Hall–Kier alpha value is -2.27. The minimum atomic E-state index is -0.877. The van der Waals surface area contributed by atoms with E-state index >= 15 is 0 Å². The van der Waals surface area contributed by atoms with Crippen molar-refractivity contribution in [3.05, 3.63) is 54.0 Å². The monoisotopic (exact) mass is 272 g/mol. The SMILES string of the molecule is CC(C)(C(=O)Oc1cccc(CO)n1)c1ccccn1. The van der Waals surface area contributed by atoms with E-state index < -0.39 is 11.4 Å². The van der Waals surface area contributed by atoms with Crippen LogP contribution in [-0.4, -0.2) is 21.0 Å². The van der Waals surface area contributed by atoms with E-state index in [1.165, 1.54) is 0 Å². The number of aliphatic hydroxyl groups is 1. The summed E-state index contributed by atoms with van der Waals surface area (Å²) in [6.07, 6.45) is 1.63. The predicted octanol–water partition coefficient (Wildman–Crippen LogP) is 1.85. The number of aromatic nitrogens is 2. The van der Waals surface area contributed by atoms with Gasteiger partial charge in [-0.1, -0.05) is 12.1 Å². The minimum Gasteiger partial charge on any atom is -0.407 e. The van der Waals surface area contributed by atoms with Crippen LogP contribution >= 0.6 is 0 Å². The van der Waals surface area contributed by atoms with Crippen LogP contribution in [0.3, 0.4) is 0 Å².